The maximum absolute atomic E-state index is 12.8. The molecule has 4 rings (SSSR count). The molecule has 158 valence electrons. The summed E-state index contributed by atoms with van der Waals surface area (Å²) in [5.41, 5.74) is 1.04. The first kappa shape index (κ1) is 21.0. The van der Waals surface area contributed by atoms with E-state index in [0.717, 1.165) is 0 Å². The smallest absolute Gasteiger partial charge is 0.338 e. The molecule has 2 amide bonds. The van der Waals surface area contributed by atoms with E-state index in [2.05, 4.69) is 0 Å². The Kier molecular flexibility index (Phi) is 5.74. The van der Waals surface area contributed by atoms with Crippen molar-refractivity contribution in [1.82, 2.24) is 0 Å². The molecule has 1 heterocycles. The molecule has 0 aromatic heterocycles. The van der Waals surface area contributed by atoms with Crippen molar-refractivity contribution >= 4 is 40.9 Å². The Labute approximate surface area is 184 Å². The van der Waals surface area contributed by atoms with E-state index in [1.807, 2.05) is 19.1 Å². The number of halogens is 1. The lowest BCUT2D eigenvalue weighted by molar-refractivity contribution is -0.122. The van der Waals surface area contributed by atoms with Crippen molar-refractivity contribution in [2.75, 3.05) is 11.5 Å². The van der Waals surface area contributed by atoms with E-state index in [1.165, 1.54) is 17.0 Å². The first-order valence-electron chi connectivity index (χ1n) is 9.97. The normalized spacial score (nSPS) is 22.4. The molecular formula is C24H20ClNO5. The van der Waals surface area contributed by atoms with Crippen LogP contribution in [0, 0.1) is 17.8 Å². The molecule has 1 saturated heterocycles. The second kappa shape index (κ2) is 8.47. The molecule has 2 aromatic carbocycles. The van der Waals surface area contributed by atoms with E-state index in [1.54, 1.807) is 36.4 Å². The molecule has 1 aliphatic carbocycles. The summed E-state index contributed by atoms with van der Waals surface area (Å²) in [5.74, 6) is -2.12. The lowest BCUT2D eigenvalue weighted by Crippen LogP contribution is -2.31. The van der Waals surface area contributed by atoms with Crippen LogP contribution >= 0.6 is 11.6 Å². The maximum Gasteiger partial charge on any atom is 0.338 e. The van der Waals surface area contributed by atoms with E-state index in [9.17, 15) is 19.2 Å². The number of nitrogens with zero attached hydrogens (tertiary/aromatic N) is 1. The molecule has 0 N–H and O–H groups in total. The number of allylic oxidation sites excluding steroid dienone is 2. The first-order chi connectivity index (χ1) is 14.9. The van der Waals surface area contributed by atoms with Crippen LogP contribution in [0.3, 0.4) is 0 Å². The van der Waals surface area contributed by atoms with Gasteiger partial charge in [-0.25, -0.2) is 4.79 Å². The van der Waals surface area contributed by atoms with E-state index in [-0.39, 0.29) is 40.9 Å². The van der Waals surface area contributed by atoms with Crippen molar-refractivity contribution < 1.29 is 23.9 Å². The lowest BCUT2D eigenvalue weighted by Gasteiger charge is -2.22. The molecule has 31 heavy (non-hydrogen) atoms. The van der Waals surface area contributed by atoms with Crippen LogP contribution < -0.4 is 4.90 Å². The van der Waals surface area contributed by atoms with Gasteiger partial charge in [0.25, 0.3) is 0 Å². The second-order valence-electron chi connectivity index (χ2n) is 7.72. The number of carbonyl (C=O) groups is 4. The summed E-state index contributed by atoms with van der Waals surface area (Å²) >= 11 is 5.80. The molecule has 2 aromatic rings. The number of imide groups is 1. The predicted molar refractivity (Wildman–Crippen MR) is 115 cm³/mol. The number of fused-ring (bicyclic) bond motifs is 1. The molecule has 0 spiro atoms. The third-order valence-electron chi connectivity index (χ3n) is 5.73. The molecule has 0 bridgehead atoms. The summed E-state index contributed by atoms with van der Waals surface area (Å²) in [6.07, 6.45) is 4.48. The van der Waals surface area contributed by atoms with Crippen molar-refractivity contribution in [1.29, 1.82) is 0 Å². The SMILES string of the molecule is C[C@@H]1C=CC[C@H]2C(=O)N(c3ccc(C(=O)OCC(=O)c4ccc(Cl)cc4)cc3)C(=O)[C@@H]12. The van der Waals surface area contributed by atoms with Crippen molar-refractivity contribution in [2.45, 2.75) is 13.3 Å². The Morgan fingerprint density at radius 1 is 1.00 bits per heavy atom. The minimum Gasteiger partial charge on any atom is -0.454 e. The van der Waals surface area contributed by atoms with E-state index < -0.39 is 12.6 Å². The lowest BCUT2D eigenvalue weighted by atomic mass is 9.78. The van der Waals surface area contributed by atoms with Crippen molar-refractivity contribution in [3.63, 3.8) is 0 Å². The second-order valence-corrected chi connectivity index (χ2v) is 8.16. The highest BCUT2D eigenvalue weighted by Gasteiger charge is 2.50. The van der Waals surface area contributed by atoms with E-state index >= 15 is 0 Å². The van der Waals surface area contributed by atoms with Gasteiger partial charge in [-0.05, 0) is 60.9 Å². The van der Waals surface area contributed by atoms with Crippen molar-refractivity contribution in [2.24, 2.45) is 17.8 Å². The number of hydrogen-bond donors (Lipinski definition) is 0. The summed E-state index contributed by atoms with van der Waals surface area (Å²) in [7, 11) is 0. The molecular weight excluding hydrogens is 418 g/mol. The Hall–Kier alpha value is -3.25. The third-order valence-corrected chi connectivity index (χ3v) is 5.99. The molecule has 0 unspecified atom stereocenters. The van der Waals surface area contributed by atoms with E-state index in [0.29, 0.717) is 22.7 Å². The van der Waals surface area contributed by atoms with Gasteiger partial charge in [0.15, 0.2) is 12.4 Å². The zero-order chi connectivity index (χ0) is 22.1. The van der Waals surface area contributed by atoms with Crippen molar-refractivity contribution in [3.05, 3.63) is 76.8 Å². The molecule has 6 nitrogen and oxygen atoms in total. The average Bonchev–Trinajstić information content (AvgIpc) is 3.03. The van der Waals surface area contributed by atoms with Gasteiger partial charge in [0.2, 0.25) is 11.8 Å². The number of esters is 1. The molecule has 1 aliphatic heterocycles. The molecule has 0 radical (unpaired) electrons. The van der Waals surface area contributed by atoms with Crippen LogP contribution in [0.4, 0.5) is 5.69 Å². The van der Waals surface area contributed by atoms with Gasteiger partial charge >= 0.3 is 5.97 Å². The molecule has 2 aliphatic rings. The van der Waals surface area contributed by atoms with Crippen LogP contribution in [-0.2, 0) is 14.3 Å². The van der Waals surface area contributed by atoms with Gasteiger partial charge in [0.1, 0.15) is 0 Å². The summed E-state index contributed by atoms with van der Waals surface area (Å²) < 4.78 is 5.10. The zero-order valence-corrected chi connectivity index (χ0v) is 17.5. The molecule has 3 atom stereocenters. The Bertz CT molecular complexity index is 1070. The van der Waals surface area contributed by atoms with Gasteiger partial charge in [0, 0.05) is 10.6 Å². The number of rotatable bonds is 5. The summed E-state index contributed by atoms with van der Waals surface area (Å²) in [4.78, 5) is 51.3. The van der Waals surface area contributed by atoms with E-state index in [4.69, 9.17) is 16.3 Å². The number of hydrogen-bond acceptors (Lipinski definition) is 5. The largest absolute Gasteiger partial charge is 0.454 e. The number of amides is 2. The summed E-state index contributed by atoms with van der Waals surface area (Å²) in [6.45, 7) is 1.53. The molecule has 0 saturated carbocycles. The zero-order valence-electron chi connectivity index (χ0n) is 16.8. The minimum atomic E-state index is -0.667. The Balaban J connectivity index is 1.41. The van der Waals surface area contributed by atoms with Crippen LogP contribution in [0.5, 0.6) is 0 Å². The Morgan fingerprint density at radius 2 is 1.65 bits per heavy atom. The fraction of sp³-hybridized carbons (Fsp3) is 0.250. The predicted octanol–water partition coefficient (Wildman–Crippen LogP) is 4.08. The summed E-state index contributed by atoms with van der Waals surface area (Å²) in [5, 5.41) is 0.508. The highest BCUT2D eigenvalue weighted by Crippen LogP contribution is 2.40. The van der Waals surface area contributed by atoms with Gasteiger partial charge in [-0.2, -0.15) is 0 Å². The van der Waals surface area contributed by atoms with Gasteiger partial charge in [-0.15, -0.1) is 0 Å². The highest BCUT2D eigenvalue weighted by atomic mass is 35.5. The Morgan fingerprint density at radius 3 is 2.29 bits per heavy atom. The number of benzene rings is 2. The fourth-order valence-electron chi connectivity index (χ4n) is 4.08. The standard InChI is InChI=1S/C24H20ClNO5/c1-14-3-2-4-19-21(14)23(29)26(22(19)28)18-11-7-16(8-12-18)24(30)31-13-20(27)15-5-9-17(25)10-6-15/h2-3,5-12,14,19,21H,4,13H2,1H3/t14-,19-,21+/m1/s1. The minimum absolute atomic E-state index is 0.00706. The number of anilines is 1. The monoisotopic (exact) mass is 437 g/mol. The van der Waals surface area contributed by atoms with Gasteiger partial charge in [-0.3, -0.25) is 19.3 Å². The topological polar surface area (TPSA) is 80.8 Å². The fourth-order valence-corrected chi connectivity index (χ4v) is 4.21. The highest BCUT2D eigenvalue weighted by molar-refractivity contribution is 6.30. The van der Waals surface area contributed by atoms with Crippen LogP contribution in [0.2, 0.25) is 5.02 Å². The summed E-state index contributed by atoms with van der Waals surface area (Å²) in [6, 6.07) is 12.3. The van der Waals surface area contributed by atoms with Gasteiger partial charge < -0.3 is 4.74 Å². The number of ketones is 1. The molecule has 7 heteroatoms. The van der Waals surface area contributed by atoms with Crippen LogP contribution in [0.15, 0.2) is 60.7 Å². The number of carbonyl (C=O) groups excluding carboxylic acids is 4. The van der Waals surface area contributed by atoms with Gasteiger partial charge in [-0.1, -0.05) is 30.7 Å². The quantitative estimate of drug-likeness (QED) is 0.305. The average molecular weight is 438 g/mol. The van der Waals surface area contributed by atoms with Crippen LogP contribution in [-0.4, -0.2) is 30.2 Å². The molecule has 1 fully saturated rings. The number of ether oxygens (including phenoxy) is 1. The first-order valence-corrected chi connectivity index (χ1v) is 10.3. The van der Waals surface area contributed by atoms with Crippen LogP contribution in [0.1, 0.15) is 34.1 Å². The number of Topliss-reactive ketones (excluding diaryl/α,β-unsaturated/α-hetero) is 1. The third kappa shape index (κ3) is 4.03. The van der Waals surface area contributed by atoms with Crippen molar-refractivity contribution in [3.8, 4) is 0 Å². The maximum atomic E-state index is 12.8. The van der Waals surface area contributed by atoms with Crippen LogP contribution in [0.25, 0.3) is 0 Å². The van der Waals surface area contributed by atoms with Gasteiger partial charge in [0.05, 0.1) is 23.1 Å².